The zero-order valence-electron chi connectivity index (χ0n) is 10.0. The molecule has 1 aromatic carbocycles. The average Bonchev–Trinajstić information content (AvgIpc) is 3.17. The molecule has 0 bridgehead atoms. The number of hydrogen-bond acceptors (Lipinski definition) is 3. The number of carbonyl (C=O) groups is 1. The molecule has 1 aromatic rings. The second kappa shape index (κ2) is 6.21. The van der Waals surface area contributed by atoms with Gasteiger partial charge in [0.2, 0.25) is 0 Å². The van der Waals surface area contributed by atoms with Gasteiger partial charge < -0.3 is 14.6 Å². The van der Waals surface area contributed by atoms with Gasteiger partial charge in [0.1, 0.15) is 5.75 Å². The molecule has 0 aromatic heterocycles. The first-order valence-corrected chi connectivity index (χ1v) is 5.95. The molecule has 0 spiro atoms. The lowest BCUT2D eigenvalue weighted by atomic mass is 10.2. The maximum absolute atomic E-state index is 10.3. The Morgan fingerprint density at radius 2 is 2.06 bits per heavy atom. The van der Waals surface area contributed by atoms with E-state index in [0.717, 1.165) is 29.9 Å². The van der Waals surface area contributed by atoms with Gasteiger partial charge in [-0.3, -0.25) is 0 Å². The van der Waals surface area contributed by atoms with Gasteiger partial charge in [0, 0.05) is 6.08 Å². The minimum atomic E-state index is -0.955. The van der Waals surface area contributed by atoms with E-state index in [2.05, 4.69) is 0 Å². The van der Waals surface area contributed by atoms with Crippen molar-refractivity contribution in [2.45, 2.75) is 12.8 Å². The van der Waals surface area contributed by atoms with Gasteiger partial charge in [0.05, 0.1) is 6.61 Å². The number of carboxylic acids is 1. The maximum Gasteiger partial charge on any atom is 0.328 e. The number of ether oxygens (including phenoxy) is 2. The number of benzene rings is 1. The van der Waals surface area contributed by atoms with E-state index in [1.54, 1.807) is 24.3 Å². The Hall–Kier alpha value is -1.81. The van der Waals surface area contributed by atoms with Gasteiger partial charge in [-0.1, -0.05) is 12.1 Å². The Balaban J connectivity index is 1.73. The van der Waals surface area contributed by atoms with Crippen LogP contribution in [-0.4, -0.2) is 24.5 Å². The highest BCUT2D eigenvalue weighted by molar-refractivity contribution is 5.85. The molecule has 18 heavy (non-hydrogen) atoms. The topological polar surface area (TPSA) is 55.8 Å². The molecule has 2 rings (SSSR count). The molecule has 1 fully saturated rings. The van der Waals surface area contributed by atoms with Crippen molar-refractivity contribution in [2.75, 3.05) is 13.4 Å². The zero-order valence-corrected chi connectivity index (χ0v) is 10.0. The Bertz CT molecular complexity index is 418. The summed E-state index contributed by atoms with van der Waals surface area (Å²) in [4.78, 5) is 10.3. The molecule has 0 aliphatic heterocycles. The van der Waals surface area contributed by atoms with Crippen molar-refractivity contribution in [1.82, 2.24) is 0 Å². The minimum absolute atomic E-state index is 0.265. The van der Waals surface area contributed by atoms with Crippen LogP contribution in [0.3, 0.4) is 0 Å². The van der Waals surface area contributed by atoms with Crippen LogP contribution in [0.2, 0.25) is 0 Å². The summed E-state index contributed by atoms with van der Waals surface area (Å²) in [6, 6.07) is 7.19. The summed E-state index contributed by atoms with van der Waals surface area (Å²) in [5, 5.41) is 8.49. The van der Waals surface area contributed by atoms with Gasteiger partial charge >= 0.3 is 5.97 Å². The fraction of sp³-hybridized carbons (Fsp3) is 0.357. The first-order chi connectivity index (χ1) is 8.74. The lowest BCUT2D eigenvalue weighted by Crippen LogP contribution is -2.04. The third kappa shape index (κ3) is 4.59. The molecule has 4 nitrogen and oxygen atoms in total. The average molecular weight is 248 g/mol. The molecule has 4 heteroatoms. The SMILES string of the molecule is O=C(O)/C=C/c1ccc(OCOCC2CC2)cc1. The van der Waals surface area contributed by atoms with Crippen LogP contribution in [0.1, 0.15) is 18.4 Å². The van der Waals surface area contributed by atoms with E-state index in [4.69, 9.17) is 14.6 Å². The predicted molar refractivity (Wildman–Crippen MR) is 67.3 cm³/mol. The van der Waals surface area contributed by atoms with Gasteiger partial charge in [0.15, 0.2) is 6.79 Å². The van der Waals surface area contributed by atoms with Crippen LogP contribution in [-0.2, 0) is 9.53 Å². The van der Waals surface area contributed by atoms with Gasteiger partial charge in [-0.05, 0) is 42.5 Å². The van der Waals surface area contributed by atoms with Crippen molar-refractivity contribution < 1.29 is 19.4 Å². The fourth-order valence-corrected chi connectivity index (χ4v) is 1.45. The van der Waals surface area contributed by atoms with E-state index in [9.17, 15) is 4.79 Å². The largest absolute Gasteiger partial charge is 0.478 e. The smallest absolute Gasteiger partial charge is 0.328 e. The van der Waals surface area contributed by atoms with Crippen LogP contribution in [0, 0.1) is 5.92 Å². The van der Waals surface area contributed by atoms with Gasteiger partial charge in [-0.15, -0.1) is 0 Å². The molecule has 1 saturated carbocycles. The number of carboxylic acid groups (broad SMARTS) is 1. The number of rotatable bonds is 7. The van der Waals surface area contributed by atoms with Crippen molar-refractivity contribution in [1.29, 1.82) is 0 Å². The summed E-state index contributed by atoms with van der Waals surface area (Å²) >= 11 is 0. The summed E-state index contributed by atoms with van der Waals surface area (Å²) < 4.78 is 10.8. The van der Waals surface area contributed by atoms with Crippen molar-refractivity contribution >= 4 is 12.0 Å². The number of aliphatic carboxylic acids is 1. The monoisotopic (exact) mass is 248 g/mol. The van der Waals surface area contributed by atoms with Crippen molar-refractivity contribution in [3.8, 4) is 5.75 Å². The van der Waals surface area contributed by atoms with Gasteiger partial charge in [-0.25, -0.2) is 4.79 Å². The molecule has 0 amide bonds. The molecule has 96 valence electrons. The molecule has 0 heterocycles. The Morgan fingerprint density at radius 1 is 1.33 bits per heavy atom. The van der Waals surface area contributed by atoms with Crippen molar-refractivity contribution in [3.05, 3.63) is 35.9 Å². The molecule has 1 N–H and O–H groups in total. The first-order valence-electron chi connectivity index (χ1n) is 5.95. The lowest BCUT2D eigenvalue weighted by molar-refractivity contribution is -0.131. The van der Waals surface area contributed by atoms with Crippen LogP contribution in [0.5, 0.6) is 5.75 Å². The molecule has 1 aliphatic rings. The number of hydrogen-bond donors (Lipinski definition) is 1. The molecule has 1 aliphatic carbocycles. The van der Waals surface area contributed by atoms with Crippen LogP contribution in [0.4, 0.5) is 0 Å². The van der Waals surface area contributed by atoms with Crippen LogP contribution >= 0.6 is 0 Å². The summed E-state index contributed by atoms with van der Waals surface area (Å²) in [5.74, 6) is 0.499. The first kappa shape index (κ1) is 12.6. The van der Waals surface area contributed by atoms with E-state index in [1.807, 2.05) is 0 Å². The lowest BCUT2D eigenvalue weighted by Gasteiger charge is -2.06. The molecule has 0 unspecified atom stereocenters. The highest BCUT2D eigenvalue weighted by Crippen LogP contribution is 2.28. The van der Waals surface area contributed by atoms with Gasteiger partial charge in [-0.2, -0.15) is 0 Å². The van der Waals surface area contributed by atoms with E-state index in [1.165, 1.54) is 18.9 Å². The molecule has 0 radical (unpaired) electrons. The predicted octanol–water partition coefficient (Wildman–Crippen LogP) is 2.55. The summed E-state index contributed by atoms with van der Waals surface area (Å²) in [5.41, 5.74) is 0.823. The Morgan fingerprint density at radius 3 is 2.67 bits per heavy atom. The van der Waals surface area contributed by atoms with E-state index < -0.39 is 5.97 Å². The Kier molecular flexibility index (Phi) is 4.36. The van der Waals surface area contributed by atoms with Crippen LogP contribution in [0.25, 0.3) is 6.08 Å². The van der Waals surface area contributed by atoms with E-state index in [0.29, 0.717) is 0 Å². The fourth-order valence-electron chi connectivity index (χ4n) is 1.45. The second-order valence-electron chi connectivity index (χ2n) is 4.32. The normalized spacial score (nSPS) is 14.9. The Labute approximate surface area is 106 Å². The molecule has 0 saturated heterocycles. The quantitative estimate of drug-likeness (QED) is 0.457. The molecular weight excluding hydrogens is 232 g/mol. The third-order valence-electron chi connectivity index (χ3n) is 2.66. The van der Waals surface area contributed by atoms with Crippen LogP contribution in [0.15, 0.2) is 30.3 Å². The maximum atomic E-state index is 10.3. The van der Waals surface area contributed by atoms with Crippen molar-refractivity contribution in [2.24, 2.45) is 5.92 Å². The highest BCUT2D eigenvalue weighted by atomic mass is 16.7. The van der Waals surface area contributed by atoms with E-state index in [-0.39, 0.29) is 6.79 Å². The summed E-state index contributed by atoms with van der Waals surface area (Å²) in [7, 11) is 0. The van der Waals surface area contributed by atoms with E-state index >= 15 is 0 Å². The summed E-state index contributed by atoms with van der Waals surface area (Å²) in [6.07, 6.45) is 5.18. The standard InChI is InChI=1S/C14H16O4/c15-14(16)8-5-11-3-6-13(7-4-11)18-10-17-9-12-1-2-12/h3-8,12H,1-2,9-10H2,(H,15,16)/b8-5+. The zero-order chi connectivity index (χ0) is 12.8. The summed E-state index contributed by atoms with van der Waals surface area (Å²) in [6.45, 7) is 1.04. The van der Waals surface area contributed by atoms with Gasteiger partial charge in [0.25, 0.3) is 0 Å². The third-order valence-corrected chi connectivity index (χ3v) is 2.66. The molecular formula is C14H16O4. The second-order valence-corrected chi connectivity index (χ2v) is 4.32. The minimum Gasteiger partial charge on any atom is -0.478 e. The van der Waals surface area contributed by atoms with Crippen molar-refractivity contribution in [3.63, 3.8) is 0 Å². The molecule has 0 atom stereocenters. The highest BCUT2D eigenvalue weighted by Gasteiger charge is 2.20. The van der Waals surface area contributed by atoms with Crippen LogP contribution < -0.4 is 4.74 Å².